The first-order chi connectivity index (χ1) is 12.5. The largest absolute Gasteiger partial charge is 0.486 e. The van der Waals surface area contributed by atoms with Gasteiger partial charge in [-0.2, -0.15) is 5.10 Å². The quantitative estimate of drug-likeness (QED) is 0.641. The molecule has 1 aliphatic rings. The minimum absolute atomic E-state index is 0.378. The molecule has 0 bridgehead atoms. The van der Waals surface area contributed by atoms with Gasteiger partial charge in [0.05, 0.1) is 11.2 Å². The number of fused-ring (bicyclic) bond motifs is 1. The second kappa shape index (κ2) is 8.05. The van der Waals surface area contributed by atoms with Crippen molar-refractivity contribution >= 4 is 23.7 Å². The van der Waals surface area contributed by atoms with Gasteiger partial charge in [0, 0.05) is 0 Å². The molecule has 8 heteroatoms. The van der Waals surface area contributed by atoms with Gasteiger partial charge in [0.15, 0.2) is 17.6 Å². The Morgan fingerprint density at radius 1 is 1.31 bits per heavy atom. The minimum Gasteiger partial charge on any atom is -0.486 e. The van der Waals surface area contributed by atoms with Crippen LogP contribution in [0, 0.1) is 5.82 Å². The van der Waals surface area contributed by atoms with Crippen molar-refractivity contribution in [3.05, 3.63) is 52.8 Å². The average molecular weight is 379 g/mol. The normalized spacial score (nSPS) is 14.1. The summed E-state index contributed by atoms with van der Waals surface area (Å²) in [7, 11) is 0. The van der Waals surface area contributed by atoms with E-state index in [1.807, 2.05) is 0 Å². The van der Waals surface area contributed by atoms with Gasteiger partial charge >= 0.3 is 0 Å². The summed E-state index contributed by atoms with van der Waals surface area (Å²) in [5, 5.41) is 4.29. The number of hydrazone groups is 1. The van der Waals surface area contributed by atoms with Crippen molar-refractivity contribution in [2.45, 2.75) is 13.0 Å². The zero-order valence-electron chi connectivity index (χ0n) is 13.9. The van der Waals surface area contributed by atoms with Crippen molar-refractivity contribution in [2.24, 2.45) is 5.10 Å². The van der Waals surface area contributed by atoms with E-state index in [1.165, 1.54) is 30.5 Å². The third-order valence-electron chi connectivity index (χ3n) is 3.50. The van der Waals surface area contributed by atoms with E-state index in [2.05, 4.69) is 10.5 Å². The molecule has 3 rings (SSSR count). The van der Waals surface area contributed by atoms with Crippen LogP contribution >= 0.6 is 11.6 Å². The van der Waals surface area contributed by atoms with Crippen LogP contribution in [0.15, 0.2) is 41.5 Å². The number of hydrogen-bond donors (Lipinski definition) is 1. The van der Waals surface area contributed by atoms with Crippen LogP contribution in [0.5, 0.6) is 17.2 Å². The summed E-state index contributed by atoms with van der Waals surface area (Å²) < 4.78 is 29.2. The lowest BCUT2D eigenvalue weighted by molar-refractivity contribution is -0.127. The van der Waals surface area contributed by atoms with Crippen LogP contribution in [0.4, 0.5) is 4.39 Å². The Hall–Kier alpha value is -2.80. The number of halogens is 2. The fourth-order valence-electron chi connectivity index (χ4n) is 2.24. The number of amides is 1. The zero-order valence-corrected chi connectivity index (χ0v) is 14.6. The van der Waals surface area contributed by atoms with E-state index in [4.69, 9.17) is 25.8 Å². The molecule has 0 aliphatic carbocycles. The highest BCUT2D eigenvalue weighted by molar-refractivity contribution is 6.32. The zero-order chi connectivity index (χ0) is 18.5. The number of hydrogen-bond acceptors (Lipinski definition) is 5. The number of carbonyl (C=O) groups excluding carboxylic acids is 1. The van der Waals surface area contributed by atoms with Crippen molar-refractivity contribution in [2.75, 3.05) is 13.2 Å². The molecule has 2 aromatic rings. The van der Waals surface area contributed by atoms with Crippen molar-refractivity contribution in [3.8, 4) is 17.2 Å². The molecule has 2 aromatic carbocycles. The summed E-state index contributed by atoms with van der Waals surface area (Å²) in [6.07, 6.45) is 0.633. The molecule has 1 atom stereocenters. The Bertz CT molecular complexity index is 827. The van der Waals surface area contributed by atoms with Crippen LogP contribution in [-0.2, 0) is 4.79 Å². The van der Waals surface area contributed by atoms with E-state index in [0.717, 1.165) is 0 Å². The maximum Gasteiger partial charge on any atom is 0.280 e. The van der Waals surface area contributed by atoms with Gasteiger partial charge in [0.1, 0.15) is 24.8 Å². The number of nitrogens with zero attached hydrogens (tertiary/aromatic N) is 1. The molecule has 6 nitrogen and oxygen atoms in total. The molecule has 0 saturated heterocycles. The fourth-order valence-corrected chi connectivity index (χ4v) is 2.51. The number of nitrogens with one attached hydrogen (secondary N) is 1. The number of rotatable bonds is 5. The molecule has 26 heavy (non-hydrogen) atoms. The van der Waals surface area contributed by atoms with Crippen molar-refractivity contribution < 1.29 is 23.4 Å². The van der Waals surface area contributed by atoms with Crippen LogP contribution in [0.2, 0.25) is 5.02 Å². The lowest BCUT2D eigenvalue weighted by Gasteiger charge is -2.19. The van der Waals surface area contributed by atoms with Gasteiger partial charge in [0.2, 0.25) is 0 Å². The topological polar surface area (TPSA) is 69.2 Å². The summed E-state index contributed by atoms with van der Waals surface area (Å²) in [5.74, 6) is 0.591. The fraction of sp³-hybridized carbons (Fsp3) is 0.222. The van der Waals surface area contributed by atoms with Gasteiger partial charge in [-0.05, 0) is 48.9 Å². The molecular formula is C18H16ClFN2O4. The van der Waals surface area contributed by atoms with Crippen LogP contribution < -0.4 is 19.6 Å². The highest BCUT2D eigenvalue weighted by Crippen LogP contribution is 2.37. The lowest BCUT2D eigenvalue weighted by Crippen LogP contribution is -2.33. The predicted molar refractivity (Wildman–Crippen MR) is 94.7 cm³/mol. The third-order valence-corrected chi connectivity index (χ3v) is 3.78. The third kappa shape index (κ3) is 4.43. The lowest BCUT2D eigenvalue weighted by atomic mass is 10.2. The highest BCUT2D eigenvalue weighted by Gasteiger charge is 2.17. The second-order valence-electron chi connectivity index (χ2n) is 5.48. The average Bonchev–Trinajstić information content (AvgIpc) is 2.63. The molecule has 1 amide bonds. The highest BCUT2D eigenvalue weighted by atomic mass is 35.5. The maximum absolute atomic E-state index is 12.9. The van der Waals surface area contributed by atoms with Gasteiger partial charge < -0.3 is 14.2 Å². The van der Waals surface area contributed by atoms with Gasteiger partial charge in [-0.3, -0.25) is 4.79 Å². The van der Waals surface area contributed by atoms with Gasteiger partial charge in [-0.25, -0.2) is 9.82 Å². The number of carbonyl (C=O) groups is 1. The molecule has 1 aliphatic heterocycles. The Morgan fingerprint density at radius 3 is 2.81 bits per heavy atom. The van der Waals surface area contributed by atoms with Crippen molar-refractivity contribution in [1.29, 1.82) is 0 Å². The summed E-state index contributed by atoms with van der Waals surface area (Å²) in [5.41, 5.74) is 3.02. The first-order valence-corrected chi connectivity index (χ1v) is 8.25. The summed E-state index contributed by atoms with van der Waals surface area (Å²) >= 11 is 6.14. The molecule has 0 radical (unpaired) electrons. The monoisotopic (exact) mass is 378 g/mol. The smallest absolute Gasteiger partial charge is 0.280 e. The molecule has 0 spiro atoms. The standard InChI is InChI=1S/C18H16ClFN2O4/c1-11(26-14-4-2-13(20)3-5-14)18(23)22-21-10-12-8-15(19)17-16(9-12)24-6-7-25-17/h2-5,8-11H,6-7H2,1H3,(H,22,23)/b21-10-/t11-/m0/s1. The maximum atomic E-state index is 12.9. The number of ether oxygens (including phenoxy) is 3. The van der Waals surface area contributed by atoms with Crippen LogP contribution in [0.25, 0.3) is 0 Å². The van der Waals surface area contributed by atoms with E-state index in [-0.39, 0.29) is 5.82 Å². The molecule has 136 valence electrons. The van der Waals surface area contributed by atoms with E-state index in [1.54, 1.807) is 19.1 Å². The summed E-state index contributed by atoms with van der Waals surface area (Å²) in [6, 6.07) is 8.77. The van der Waals surface area contributed by atoms with Crippen molar-refractivity contribution in [3.63, 3.8) is 0 Å². The van der Waals surface area contributed by atoms with Crippen LogP contribution in [-0.4, -0.2) is 31.4 Å². The first-order valence-electron chi connectivity index (χ1n) is 7.87. The Kier molecular flexibility index (Phi) is 5.58. The molecule has 0 fully saturated rings. The molecule has 0 saturated carbocycles. The summed E-state index contributed by atoms with van der Waals surface area (Å²) in [6.45, 7) is 2.45. The molecule has 1 heterocycles. The van der Waals surface area contributed by atoms with Gasteiger partial charge in [-0.15, -0.1) is 0 Å². The van der Waals surface area contributed by atoms with E-state index in [0.29, 0.717) is 41.0 Å². The Labute approximate surface area is 154 Å². The Balaban J connectivity index is 1.58. The van der Waals surface area contributed by atoms with Crippen molar-refractivity contribution in [1.82, 2.24) is 5.43 Å². The minimum atomic E-state index is -0.804. The second-order valence-corrected chi connectivity index (χ2v) is 5.88. The predicted octanol–water partition coefficient (Wildman–Crippen LogP) is 3.17. The Morgan fingerprint density at radius 2 is 2.04 bits per heavy atom. The van der Waals surface area contributed by atoms with E-state index in [9.17, 15) is 9.18 Å². The molecule has 0 aromatic heterocycles. The van der Waals surface area contributed by atoms with Gasteiger partial charge in [-0.1, -0.05) is 11.6 Å². The van der Waals surface area contributed by atoms with Crippen LogP contribution in [0.3, 0.4) is 0 Å². The molecule has 1 N–H and O–H groups in total. The molecular weight excluding hydrogens is 363 g/mol. The van der Waals surface area contributed by atoms with E-state index >= 15 is 0 Å². The number of benzene rings is 2. The first kappa shape index (κ1) is 18.0. The summed E-state index contributed by atoms with van der Waals surface area (Å²) in [4.78, 5) is 12.0. The van der Waals surface area contributed by atoms with Crippen LogP contribution in [0.1, 0.15) is 12.5 Å². The SMILES string of the molecule is C[C@H](Oc1ccc(F)cc1)C(=O)N/N=C\c1cc(Cl)c2c(c1)OCCO2. The van der Waals surface area contributed by atoms with E-state index < -0.39 is 12.0 Å². The van der Waals surface area contributed by atoms with Gasteiger partial charge in [0.25, 0.3) is 5.91 Å². The molecule has 0 unspecified atom stereocenters.